The fourth-order valence-electron chi connectivity index (χ4n) is 2.79. The zero-order chi connectivity index (χ0) is 15.0. The highest BCUT2D eigenvalue weighted by atomic mass is 16.6. The van der Waals surface area contributed by atoms with Crippen LogP contribution in [-0.4, -0.2) is 15.1 Å². The molecule has 1 fully saturated rings. The third kappa shape index (κ3) is 2.58. The largest absolute Gasteiger partial charge is 0.393 e. The molecule has 3 rings (SSSR count). The summed E-state index contributed by atoms with van der Waals surface area (Å²) in [6.45, 7) is 2.21. The van der Waals surface area contributed by atoms with Gasteiger partial charge >= 0.3 is 0 Å². The highest BCUT2D eigenvalue weighted by Gasteiger charge is 2.27. The Hall–Kier alpha value is -2.44. The van der Waals surface area contributed by atoms with Crippen LogP contribution in [0.1, 0.15) is 37.9 Å². The van der Waals surface area contributed by atoms with Crippen LogP contribution in [0.25, 0.3) is 11.5 Å². The number of nitro benzene ring substituents is 1. The van der Waals surface area contributed by atoms with Gasteiger partial charge in [-0.2, -0.15) is 4.98 Å². The lowest BCUT2D eigenvalue weighted by Crippen LogP contribution is -1.97. The highest BCUT2D eigenvalue weighted by Crippen LogP contribution is 2.37. The molecule has 0 radical (unpaired) electrons. The summed E-state index contributed by atoms with van der Waals surface area (Å²) in [5.41, 5.74) is 6.06. The van der Waals surface area contributed by atoms with Gasteiger partial charge in [-0.25, -0.2) is 0 Å². The van der Waals surface area contributed by atoms with Crippen LogP contribution in [0, 0.1) is 16.0 Å². The number of hydrogen-bond acceptors (Lipinski definition) is 6. The Labute approximate surface area is 121 Å². The summed E-state index contributed by atoms with van der Waals surface area (Å²) >= 11 is 0. The van der Waals surface area contributed by atoms with Crippen molar-refractivity contribution in [3.05, 3.63) is 34.1 Å². The van der Waals surface area contributed by atoms with Gasteiger partial charge in [0.1, 0.15) is 5.69 Å². The highest BCUT2D eigenvalue weighted by molar-refractivity contribution is 5.67. The second-order valence-electron chi connectivity index (χ2n) is 5.60. The third-order valence-corrected chi connectivity index (χ3v) is 3.98. The predicted molar refractivity (Wildman–Crippen MR) is 76.6 cm³/mol. The summed E-state index contributed by atoms with van der Waals surface area (Å²) in [5, 5.41) is 14.9. The molecule has 110 valence electrons. The molecule has 1 aromatic carbocycles. The first-order valence-corrected chi connectivity index (χ1v) is 6.92. The van der Waals surface area contributed by atoms with Crippen LogP contribution in [0.2, 0.25) is 0 Å². The fourth-order valence-corrected chi connectivity index (χ4v) is 2.79. The Morgan fingerprint density at radius 2 is 2.24 bits per heavy atom. The molecule has 1 saturated carbocycles. The number of anilines is 1. The predicted octanol–water partition coefficient (Wildman–Crippen LogP) is 3.13. The Balaban J connectivity index is 1.89. The van der Waals surface area contributed by atoms with E-state index >= 15 is 0 Å². The van der Waals surface area contributed by atoms with Crippen LogP contribution in [0.5, 0.6) is 0 Å². The lowest BCUT2D eigenvalue weighted by molar-refractivity contribution is -0.383. The molecule has 7 nitrogen and oxygen atoms in total. The standard InChI is InChI=1S/C14H16N4O3/c1-8-2-3-9(6-8)13-16-14(21-17-13)10-4-5-11(15)12(7-10)18(19)20/h4-5,7-9H,2-3,6,15H2,1H3. The van der Waals surface area contributed by atoms with E-state index in [1.165, 1.54) is 18.6 Å². The Kier molecular flexibility index (Phi) is 3.32. The van der Waals surface area contributed by atoms with Gasteiger partial charge in [0.2, 0.25) is 0 Å². The fraction of sp³-hybridized carbons (Fsp3) is 0.429. The van der Waals surface area contributed by atoms with Crippen molar-refractivity contribution in [1.82, 2.24) is 10.1 Å². The maximum atomic E-state index is 10.9. The van der Waals surface area contributed by atoms with Crippen LogP contribution < -0.4 is 5.73 Å². The van der Waals surface area contributed by atoms with Crippen molar-refractivity contribution in [2.45, 2.75) is 32.1 Å². The molecule has 0 aliphatic heterocycles. The van der Waals surface area contributed by atoms with Crippen LogP contribution in [0.3, 0.4) is 0 Å². The van der Waals surface area contributed by atoms with E-state index in [0.717, 1.165) is 12.8 Å². The molecule has 0 amide bonds. The number of hydrogen-bond donors (Lipinski definition) is 1. The smallest absolute Gasteiger partial charge is 0.292 e. The number of nitrogen functional groups attached to an aromatic ring is 1. The lowest BCUT2D eigenvalue weighted by atomic mass is 10.1. The molecule has 2 atom stereocenters. The second-order valence-corrected chi connectivity index (χ2v) is 5.60. The van der Waals surface area contributed by atoms with Crippen molar-refractivity contribution < 1.29 is 9.45 Å². The SMILES string of the molecule is CC1CCC(c2noc(-c3ccc(N)c([N+](=O)[O-])c3)n2)C1. The first kappa shape index (κ1) is 13.5. The zero-order valence-electron chi connectivity index (χ0n) is 11.7. The summed E-state index contributed by atoms with van der Waals surface area (Å²) < 4.78 is 5.25. The molecule has 2 unspecified atom stereocenters. The van der Waals surface area contributed by atoms with E-state index in [4.69, 9.17) is 10.3 Å². The Morgan fingerprint density at radius 3 is 2.90 bits per heavy atom. The average Bonchev–Trinajstić information content (AvgIpc) is 3.07. The Bertz CT molecular complexity index is 683. The molecule has 2 N–H and O–H groups in total. The van der Waals surface area contributed by atoms with Crippen LogP contribution >= 0.6 is 0 Å². The molecule has 1 aliphatic carbocycles. The number of benzene rings is 1. The van der Waals surface area contributed by atoms with E-state index in [-0.39, 0.29) is 11.4 Å². The van der Waals surface area contributed by atoms with Crippen LogP contribution in [0.4, 0.5) is 11.4 Å². The average molecular weight is 288 g/mol. The van der Waals surface area contributed by atoms with E-state index < -0.39 is 4.92 Å². The number of rotatable bonds is 3. The van der Waals surface area contributed by atoms with E-state index in [1.54, 1.807) is 6.07 Å². The Morgan fingerprint density at radius 1 is 1.43 bits per heavy atom. The molecule has 0 saturated heterocycles. The van der Waals surface area contributed by atoms with E-state index in [1.807, 2.05) is 0 Å². The summed E-state index contributed by atoms with van der Waals surface area (Å²) in [7, 11) is 0. The van der Waals surface area contributed by atoms with E-state index in [0.29, 0.717) is 29.1 Å². The summed E-state index contributed by atoms with van der Waals surface area (Å²) in [6, 6.07) is 4.50. The van der Waals surface area contributed by atoms with Gasteiger partial charge in [0.05, 0.1) is 4.92 Å². The van der Waals surface area contributed by atoms with Gasteiger partial charge < -0.3 is 10.3 Å². The monoisotopic (exact) mass is 288 g/mol. The van der Waals surface area contributed by atoms with Gasteiger partial charge in [-0.15, -0.1) is 0 Å². The maximum Gasteiger partial charge on any atom is 0.292 e. The topological polar surface area (TPSA) is 108 Å². The molecule has 1 heterocycles. The molecular formula is C14H16N4O3. The van der Waals surface area contributed by atoms with E-state index in [9.17, 15) is 10.1 Å². The van der Waals surface area contributed by atoms with Crippen LogP contribution in [-0.2, 0) is 0 Å². The van der Waals surface area contributed by atoms with Gasteiger partial charge in [0.15, 0.2) is 5.82 Å². The van der Waals surface area contributed by atoms with Crippen LogP contribution in [0.15, 0.2) is 22.7 Å². The number of nitrogens with two attached hydrogens (primary N) is 1. The summed E-state index contributed by atoms with van der Waals surface area (Å²) in [6.07, 6.45) is 3.28. The lowest BCUT2D eigenvalue weighted by Gasteiger charge is -2.01. The zero-order valence-corrected chi connectivity index (χ0v) is 11.7. The van der Waals surface area contributed by atoms with Gasteiger partial charge in [0, 0.05) is 17.5 Å². The molecule has 21 heavy (non-hydrogen) atoms. The van der Waals surface area contributed by atoms with Gasteiger partial charge in [-0.1, -0.05) is 12.1 Å². The minimum atomic E-state index is -0.519. The van der Waals surface area contributed by atoms with Crippen molar-refractivity contribution in [3.8, 4) is 11.5 Å². The molecule has 7 heteroatoms. The van der Waals surface area contributed by atoms with Crippen molar-refractivity contribution in [3.63, 3.8) is 0 Å². The van der Waals surface area contributed by atoms with Gasteiger partial charge in [-0.3, -0.25) is 10.1 Å². The minimum absolute atomic E-state index is 0.119. The molecule has 0 spiro atoms. The van der Waals surface area contributed by atoms with Gasteiger partial charge in [-0.05, 0) is 37.3 Å². The number of aromatic nitrogens is 2. The quantitative estimate of drug-likeness (QED) is 0.528. The van der Waals surface area contributed by atoms with Crippen molar-refractivity contribution in [2.75, 3.05) is 5.73 Å². The minimum Gasteiger partial charge on any atom is -0.393 e. The number of nitrogens with zero attached hydrogens (tertiary/aromatic N) is 3. The van der Waals surface area contributed by atoms with Crippen molar-refractivity contribution >= 4 is 11.4 Å². The third-order valence-electron chi connectivity index (χ3n) is 3.98. The van der Waals surface area contributed by atoms with E-state index in [2.05, 4.69) is 17.1 Å². The summed E-state index contributed by atoms with van der Waals surface area (Å²) in [4.78, 5) is 14.8. The molecular weight excluding hydrogens is 272 g/mol. The summed E-state index contributed by atoms with van der Waals surface area (Å²) in [5.74, 6) is 1.98. The number of nitro groups is 1. The van der Waals surface area contributed by atoms with Crippen molar-refractivity contribution in [2.24, 2.45) is 5.92 Å². The normalized spacial score (nSPS) is 21.6. The molecule has 2 aromatic rings. The molecule has 0 bridgehead atoms. The second kappa shape index (κ2) is 5.16. The van der Waals surface area contributed by atoms with Crippen molar-refractivity contribution in [1.29, 1.82) is 0 Å². The molecule has 1 aromatic heterocycles. The molecule has 1 aliphatic rings. The first-order valence-electron chi connectivity index (χ1n) is 6.92. The first-order chi connectivity index (χ1) is 10.0. The van der Waals surface area contributed by atoms with Gasteiger partial charge in [0.25, 0.3) is 11.6 Å². The maximum absolute atomic E-state index is 10.9.